The summed E-state index contributed by atoms with van der Waals surface area (Å²) in [6, 6.07) is 14.3. The van der Waals surface area contributed by atoms with Crippen molar-refractivity contribution < 1.29 is 9.59 Å². The van der Waals surface area contributed by atoms with Crippen molar-refractivity contribution in [3.8, 4) is 0 Å². The largest absolute Gasteiger partial charge is 0.298 e. The monoisotopic (exact) mass is 373 g/mol. The lowest BCUT2D eigenvalue weighted by Gasteiger charge is -2.10. The Kier molecular flexibility index (Phi) is 6.68. The first-order valence-electron chi connectivity index (χ1n) is 7.37. The van der Waals surface area contributed by atoms with Crippen LogP contribution in [0.5, 0.6) is 0 Å². The van der Waals surface area contributed by atoms with Crippen LogP contribution in [0.15, 0.2) is 54.6 Å². The molecule has 2 rings (SSSR count). The van der Waals surface area contributed by atoms with Crippen LogP contribution in [-0.2, 0) is 4.79 Å². The van der Waals surface area contributed by atoms with Crippen LogP contribution < -0.4 is 16.2 Å². The lowest BCUT2D eigenvalue weighted by molar-refractivity contribution is -0.115. The Morgan fingerprint density at radius 3 is 2.44 bits per heavy atom. The maximum Gasteiger partial charge on any atom is 0.269 e. The third-order valence-corrected chi connectivity index (χ3v) is 3.78. The first-order valence-corrected chi connectivity index (χ1v) is 8.15. The number of amides is 2. The van der Waals surface area contributed by atoms with E-state index in [-0.39, 0.29) is 11.0 Å². The second-order valence-corrected chi connectivity index (χ2v) is 5.88. The van der Waals surface area contributed by atoms with E-state index in [1.54, 1.807) is 36.4 Å². The number of halogens is 1. The Morgan fingerprint density at radius 1 is 1.04 bits per heavy atom. The second-order valence-electron chi connectivity index (χ2n) is 5.07. The van der Waals surface area contributed by atoms with Crippen molar-refractivity contribution in [1.82, 2.24) is 16.2 Å². The van der Waals surface area contributed by atoms with Crippen LogP contribution in [0.1, 0.15) is 21.5 Å². The van der Waals surface area contributed by atoms with Gasteiger partial charge in [-0.25, -0.2) is 0 Å². The third kappa shape index (κ3) is 5.70. The first kappa shape index (κ1) is 18.6. The predicted octanol–water partition coefficient (Wildman–Crippen LogP) is 3.00. The maximum atomic E-state index is 12.0. The molecular formula is C18H16ClN3O2S. The highest BCUT2D eigenvalue weighted by Crippen LogP contribution is 2.15. The minimum absolute atomic E-state index is 0.0178. The molecule has 0 saturated carbocycles. The van der Waals surface area contributed by atoms with Crippen molar-refractivity contribution in [3.63, 3.8) is 0 Å². The number of hydrogen-bond donors (Lipinski definition) is 3. The smallest absolute Gasteiger partial charge is 0.269 e. The lowest BCUT2D eigenvalue weighted by Crippen LogP contribution is -2.48. The van der Waals surface area contributed by atoms with Gasteiger partial charge in [0.15, 0.2) is 5.11 Å². The molecule has 0 aliphatic heterocycles. The van der Waals surface area contributed by atoms with Crippen LogP contribution in [0.25, 0.3) is 6.08 Å². The van der Waals surface area contributed by atoms with Gasteiger partial charge in [0.2, 0.25) is 5.91 Å². The Labute approximate surface area is 156 Å². The van der Waals surface area contributed by atoms with Crippen molar-refractivity contribution in [1.29, 1.82) is 0 Å². The zero-order valence-corrected chi connectivity index (χ0v) is 14.9. The third-order valence-electron chi connectivity index (χ3n) is 3.24. The molecule has 0 radical (unpaired) electrons. The average Bonchev–Trinajstić information content (AvgIpc) is 2.59. The van der Waals surface area contributed by atoms with E-state index >= 15 is 0 Å². The number of nitrogens with one attached hydrogen (secondary N) is 3. The number of rotatable bonds is 3. The van der Waals surface area contributed by atoms with Crippen LogP contribution in [0.3, 0.4) is 0 Å². The van der Waals surface area contributed by atoms with E-state index in [1.807, 2.05) is 25.1 Å². The molecule has 2 aromatic rings. The average molecular weight is 374 g/mol. The van der Waals surface area contributed by atoms with Gasteiger partial charge < -0.3 is 0 Å². The number of hydrazine groups is 1. The van der Waals surface area contributed by atoms with Crippen molar-refractivity contribution in [2.24, 2.45) is 0 Å². The summed E-state index contributed by atoms with van der Waals surface area (Å²) in [7, 11) is 0. The van der Waals surface area contributed by atoms with Gasteiger partial charge in [0.1, 0.15) is 0 Å². The molecule has 128 valence electrons. The van der Waals surface area contributed by atoms with E-state index in [0.717, 1.165) is 5.56 Å². The SMILES string of the molecule is Cc1ccccc1C(=O)NNC(=S)NC(=O)/C=C/c1ccccc1Cl. The Bertz CT molecular complexity index is 837. The fourth-order valence-corrected chi connectivity index (χ4v) is 2.32. The topological polar surface area (TPSA) is 70.2 Å². The van der Waals surface area contributed by atoms with Gasteiger partial charge >= 0.3 is 0 Å². The molecule has 3 N–H and O–H groups in total. The van der Waals surface area contributed by atoms with Crippen molar-refractivity contribution in [2.75, 3.05) is 0 Å². The summed E-state index contributed by atoms with van der Waals surface area (Å²) in [5, 5.41) is 2.95. The van der Waals surface area contributed by atoms with E-state index in [4.69, 9.17) is 23.8 Å². The number of carbonyl (C=O) groups is 2. The number of carbonyl (C=O) groups excluding carboxylic acids is 2. The summed E-state index contributed by atoms with van der Waals surface area (Å²) in [6.45, 7) is 1.83. The minimum atomic E-state index is -0.442. The van der Waals surface area contributed by atoms with Gasteiger partial charge in [0, 0.05) is 16.7 Å². The van der Waals surface area contributed by atoms with Gasteiger partial charge in [-0.1, -0.05) is 48.0 Å². The van der Waals surface area contributed by atoms with E-state index in [0.29, 0.717) is 16.1 Å². The van der Waals surface area contributed by atoms with Gasteiger partial charge in [-0.05, 0) is 48.5 Å². The summed E-state index contributed by atoms with van der Waals surface area (Å²) in [5.41, 5.74) is 6.99. The van der Waals surface area contributed by atoms with E-state index in [9.17, 15) is 9.59 Å². The number of aryl methyl sites for hydroxylation is 1. The molecule has 5 nitrogen and oxygen atoms in total. The van der Waals surface area contributed by atoms with Gasteiger partial charge in [-0.15, -0.1) is 0 Å². The van der Waals surface area contributed by atoms with Crippen molar-refractivity contribution in [2.45, 2.75) is 6.92 Å². The quantitative estimate of drug-likeness (QED) is 0.439. The molecular weight excluding hydrogens is 358 g/mol. The summed E-state index contributed by atoms with van der Waals surface area (Å²) >= 11 is 11.0. The fraction of sp³-hybridized carbons (Fsp3) is 0.0556. The lowest BCUT2D eigenvalue weighted by atomic mass is 10.1. The molecule has 0 aliphatic rings. The molecule has 0 unspecified atom stereocenters. The Balaban J connectivity index is 1.84. The first-order chi connectivity index (χ1) is 12.0. The van der Waals surface area contributed by atoms with Crippen LogP contribution >= 0.6 is 23.8 Å². The second kappa shape index (κ2) is 8.96. The van der Waals surface area contributed by atoms with E-state index < -0.39 is 5.91 Å². The molecule has 0 aromatic heterocycles. The van der Waals surface area contributed by atoms with Crippen molar-refractivity contribution >= 4 is 46.8 Å². The zero-order chi connectivity index (χ0) is 18.2. The molecule has 25 heavy (non-hydrogen) atoms. The molecule has 0 heterocycles. The number of benzene rings is 2. The van der Waals surface area contributed by atoms with Gasteiger partial charge in [0.05, 0.1) is 0 Å². The Morgan fingerprint density at radius 2 is 1.72 bits per heavy atom. The van der Waals surface area contributed by atoms with Crippen LogP contribution in [0.4, 0.5) is 0 Å². The fourth-order valence-electron chi connectivity index (χ4n) is 1.97. The molecule has 0 bridgehead atoms. The standard InChI is InChI=1S/C18H16ClN3O2S/c1-12-6-2-4-8-14(12)17(24)21-22-18(25)20-16(23)11-10-13-7-3-5-9-15(13)19/h2-11H,1H3,(H,21,24)(H2,20,22,23,25)/b11-10+. The Hall–Kier alpha value is -2.70. The van der Waals surface area contributed by atoms with Crippen LogP contribution in [0.2, 0.25) is 5.02 Å². The van der Waals surface area contributed by atoms with Crippen LogP contribution in [0, 0.1) is 6.92 Å². The summed E-state index contributed by atoms with van der Waals surface area (Å²) in [4.78, 5) is 23.9. The van der Waals surface area contributed by atoms with Crippen LogP contribution in [-0.4, -0.2) is 16.9 Å². The van der Waals surface area contributed by atoms with E-state index in [2.05, 4.69) is 16.2 Å². The molecule has 0 atom stereocenters. The predicted molar refractivity (Wildman–Crippen MR) is 103 cm³/mol. The van der Waals surface area contributed by atoms with Crippen molar-refractivity contribution in [3.05, 3.63) is 76.3 Å². The molecule has 2 amide bonds. The normalized spacial score (nSPS) is 10.3. The summed E-state index contributed by atoms with van der Waals surface area (Å²) < 4.78 is 0. The highest BCUT2D eigenvalue weighted by atomic mass is 35.5. The maximum absolute atomic E-state index is 12.0. The minimum Gasteiger partial charge on any atom is -0.298 e. The van der Waals surface area contributed by atoms with Gasteiger partial charge in [-0.3, -0.25) is 25.8 Å². The van der Waals surface area contributed by atoms with Gasteiger partial charge in [-0.2, -0.15) is 0 Å². The molecule has 0 aliphatic carbocycles. The summed E-state index contributed by atoms with van der Waals surface area (Å²) in [6.07, 6.45) is 2.88. The summed E-state index contributed by atoms with van der Waals surface area (Å²) in [5.74, 6) is -0.788. The number of hydrogen-bond acceptors (Lipinski definition) is 3. The molecule has 0 saturated heterocycles. The van der Waals surface area contributed by atoms with E-state index in [1.165, 1.54) is 6.08 Å². The molecule has 0 spiro atoms. The molecule has 7 heteroatoms. The zero-order valence-electron chi connectivity index (χ0n) is 13.4. The number of thiocarbonyl (C=S) groups is 1. The highest BCUT2D eigenvalue weighted by Gasteiger charge is 2.08. The molecule has 2 aromatic carbocycles. The highest BCUT2D eigenvalue weighted by molar-refractivity contribution is 7.80. The van der Waals surface area contributed by atoms with Gasteiger partial charge in [0.25, 0.3) is 5.91 Å². The molecule has 0 fully saturated rings.